The first-order chi connectivity index (χ1) is 12.5. The summed E-state index contributed by atoms with van der Waals surface area (Å²) >= 11 is 0. The van der Waals surface area contributed by atoms with Gasteiger partial charge >= 0.3 is 0 Å². The molecule has 0 aliphatic rings. The highest BCUT2D eigenvalue weighted by Gasteiger charge is 2.08. The molecule has 1 aromatic heterocycles. The molecule has 3 aromatic rings. The van der Waals surface area contributed by atoms with E-state index in [2.05, 4.69) is 25.9 Å². The Morgan fingerprint density at radius 3 is 2.58 bits per heavy atom. The molecule has 2 aromatic carbocycles. The Kier molecular flexibility index (Phi) is 4.77. The minimum Gasteiger partial charge on any atom is -0.360 e. The van der Waals surface area contributed by atoms with Crippen molar-refractivity contribution in [2.45, 2.75) is 4.90 Å². The van der Waals surface area contributed by atoms with Gasteiger partial charge in [-0.2, -0.15) is 10.5 Å². The van der Waals surface area contributed by atoms with Gasteiger partial charge < -0.3 is 5.32 Å². The standard InChI is InChI=1S/C17H14N6O2S/c1-26(24,25)16-7-5-12(6-8-16)13-3-2-4-15(9-13)19-11-14(10-18)17-20-22-23-21-17/h2-9,11,19H,1H3,(H,20,21,22,23). The van der Waals surface area contributed by atoms with Crippen LogP contribution in [0.1, 0.15) is 5.82 Å². The number of rotatable bonds is 5. The van der Waals surface area contributed by atoms with Crippen LogP contribution < -0.4 is 5.32 Å². The van der Waals surface area contributed by atoms with E-state index in [9.17, 15) is 13.7 Å². The predicted molar refractivity (Wildman–Crippen MR) is 96.4 cm³/mol. The van der Waals surface area contributed by atoms with Gasteiger partial charge in [0.25, 0.3) is 0 Å². The number of aromatic amines is 1. The molecule has 0 fully saturated rings. The summed E-state index contributed by atoms with van der Waals surface area (Å²) in [6.07, 6.45) is 2.67. The molecule has 0 aliphatic carbocycles. The molecule has 0 atom stereocenters. The third kappa shape index (κ3) is 3.93. The smallest absolute Gasteiger partial charge is 0.216 e. The second kappa shape index (κ2) is 7.16. The molecule has 0 amide bonds. The lowest BCUT2D eigenvalue weighted by Crippen LogP contribution is -1.96. The zero-order valence-electron chi connectivity index (χ0n) is 13.7. The maximum absolute atomic E-state index is 11.6. The molecule has 130 valence electrons. The average molecular weight is 366 g/mol. The van der Waals surface area contributed by atoms with Crippen LogP contribution in [-0.4, -0.2) is 35.3 Å². The van der Waals surface area contributed by atoms with Crippen molar-refractivity contribution in [2.75, 3.05) is 11.6 Å². The van der Waals surface area contributed by atoms with Gasteiger partial charge in [-0.25, -0.2) is 8.42 Å². The predicted octanol–water partition coefficient (Wildman–Crippen LogP) is 2.25. The number of sulfone groups is 1. The van der Waals surface area contributed by atoms with Gasteiger partial charge in [0.05, 0.1) is 4.90 Å². The summed E-state index contributed by atoms with van der Waals surface area (Å²) in [5.74, 6) is 0.201. The Balaban J connectivity index is 1.84. The Hall–Kier alpha value is -3.51. The van der Waals surface area contributed by atoms with Crippen molar-refractivity contribution in [3.8, 4) is 17.2 Å². The number of tetrazole rings is 1. The van der Waals surface area contributed by atoms with E-state index in [0.29, 0.717) is 0 Å². The minimum atomic E-state index is -3.22. The largest absolute Gasteiger partial charge is 0.360 e. The van der Waals surface area contributed by atoms with Crippen molar-refractivity contribution in [3.63, 3.8) is 0 Å². The highest BCUT2D eigenvalue weighted by molar-refractivity contribution is 7.90. The highest BCUT2D eigenvalue weighted by Crippen LogP contribution is 2.24. The fraction of sp³-hybridized carbons (Fsp3) is 0.0588. The van der Waals surface area contributed by atoms with Gasteiger partial charge in [0.2, 0.25) is 5.82 Å². The van der Waals surface area contributed by atoms with E-state index in [4.69, 9.17) is 0 Å². The number of nitriles is 1. The van der Waals surface area contributed by atoms with Gasteiger partial charge in [0, 0.05) is 18.1 Å². The summed E-state index contributed by atoms with van der Waals surface area (Å²) in [6, 6.07) is 16.2. The first kappa shape index (κ1) is 17.3. The summed E-state index contributed by atoms with van der Waals surface area (Å²) in [5.41, 5.74) is 2.78. The van der Waals surface area contributed by atoms with Crippen molar-refractivity contribution in [1.29, 1.82) is 5.26 Å². The lowest BCUT2D eigenvalue weighted by Gasteiger charge is -2.07. The summed E-state index contributed by atoms with van der Waals surface area (Å²) in [4.78, 5) is 0.275. The van der Waals surface area contributed by atoms with E-state index < -0.39 is 9.84 Å². The maximum atomic E-state index is 11.6. The van der Waals surface area contributed by atoms with E-state index in [0.717, 1.165) is 16.8 Å². The van der Waals surface area contributed by atoms with Gasteiger partial charge in [-0.1, -0.05) is 24.3 Å². The number of nitrogens with zero attached hydrogens (tertiary/aromatic N) is 4. The van der Waals surface area contributed by atoms with Crippen molar-refractivity contribution in [1.82, 2.24) is 20.6 Å². The molecule has 8 nitrogen and oxygen atoms in total. The second-order valence-electron chi connectivity index (χ2n) is 5.43. The van der Waals surface area contributed by atoms with Crippen molar-refractivity contribution in [2.24, 2.45) is 0 Å². The number of hydrogen-bond acceptors (Lipinski definition) is 7. The number of allylic oxidation sites excluding steroid dienone is 1. The van der Waals surface area contributed by atoms with Crippen LogP contribution in [-0.2, 0) is 9.84 Å². The first-order valence-electron chi connectivity index (χ1n) is 7.48. The maximum Gasteiger partial charge on any atom is 0.216 e. The lowest BCUT2D eigenvalue weighted by molar-refractivity contribution is 0.602. The highest BCUT2D eigenvalue weighted by atomic mass is 32.2. The van der Waals surface area contributed by atoms with Gasteiger partial charge in [0.1, 0.15) is 11.6 Å². The molecular formula is C17H14N6O2S. The van der Waals surface area contributed by atoms with E-state index in [1.165, 1.54) is 12.5 Å². The second-order valence-corrected chi connectivity index (χ2v) is 7.44. The fourth-order valence-corrected chi connectivity index (χ4v) is 2.89. The van der Waals surface area contributed by atoms with E-state index in [-0.39, 0.29) is 16.3 Å². The summed E-state index contributed by atoms with van der Waals surface area (Å²) in [7, 11) is -3.22. The zero-order chi connectivity index (χ0) is 18.6. The number of aromatic nitrogens is 4. The molecule has 0 spiro atoms. The van der Waals surface area contributed by atoms with Gasteiger partial charge in [-0.15, -0.1) is 10.2 Å². The summed E-state index contributed by atoms with van der Waals surface area (Å²) in [6.45, 7) is 0. The van der Waals surface area contributed by atoms with Gasteiger partial charge in [0.15, 0.2) is 9.84 Å². The van der Waals surface area contributed by atoms with Crippen molar-refractivity contribution < 1.29 is 8.42 Å². The van der Waals surface area contributed by atoms with Crippen molar-refractivity contribution >= 4 is 21.1 Å². The van der Waals surface area contributed by atoms with Crippen LogP contribution in [0.25, 0.3) is 16.7 Å². The number of hydrogen-bond donors (Lipinski definition) is 2. The molecule has 26 heavy (non-hydrogen) atoms. The Morgan fingerprint density at radius 1 is 1.19 bits per heavy atom. The topological polar surface area (TPSA) is 124 Å². The molecule has 1 heterocycles. The zero-order valence-corrected chi connectivity index (χ0v) is 14.5. The van der Waals surface area contributed by atoms with Gasteiger partial charge in [-0.05, 0) is 40.6 Å². The molecule has 0 radical (unpaired) electrons. The quantitative estimate of drug-likeness (QED) is 0.663. The third-order valence-electron chi connectivity index (χ3n) is 3.57. The molecule has 0 bridgehead atoms. The molecule has 0 saturated carbocycles. The first-order valence-corrected chi connectivity index (χ1v) is 9.38. The van der Waals surface area contributed by atoms with Crippen LogP contribution in [0.5, 0.6) is 0 Å². The third-order valence-corrected chi connectivity index (χ3v) is 4.70. The van der Waals surface area contributed by atoms with Crippen LogP contribution in [0.4, 0.5) is 5.69 Å². The van der Waals surface area contributed by atoms with Crippen LogP contribution in [0.15, 0.2) is 59.6 Å². The summed E-state index contributed by atoms with van der Waals surface area (Å²) in [5, 5.41) is 25.5. The molecular weight excluding hydrogens is 352 g/mol. The number of benzene rings is 2. The van der Waals surface area contributed by atoms with Gasteiger partial charge in [-0.3, -0.25) is 0 Å². The molecule has 2 N–H and O–H groups in total. The molecule has 0 aliphatic heterocycles. The van der Waals surface area contributed by atoms with E-state index in [1.807, 2.05) is 30.3 Å². The SMILES string of the molecule is CS(=O)(=O)c1ccc(-c2cccc(NC=C(C#N)c3nn[nH]n3)c2)cc1. The Labute approximate surface area is 150 Å². The molecule has 0 unspecified atom stereocenters. The monoisotopic (exact) mass is 366 g/mol. The van der Waals surface area contributed by atoms with E-state index in [1.54, 1.807) is 24.3 Å². The Morgan fingerprint density at radius 2 is 1.96 bits per heavy atom. The van der Waals surface area contributed by atoms with Crippen LogP contribution in [0.2, 0.25) is 0 Å². The van der Waals surface area contributed by atoms with Crippen LogP contribution in [0.3, 0.4) is 0 Å². The number of nitrogens with one attached hydrogen (secondary N) is 2. The van der Waals surface area contributed by atoms with Crippen LogP contribution >= 0.6 is 0 Å². The fourth-order valence-electron chi connectivity index (χ4n) is 2.26. The lowest BCUT2D eigenvalue weighted by atomic mass is 10.1. The van der Waals surface area contributed by atoms with E-state index >= 15 is 0 Å². The number of anilines is 1. The van der Waals surface area contributed by atoms with Crippen LogP contribution in [0, 0.1) is 11.3 Å². The summed E-state index contributed by atoms with van der Waals surface area (Å²) < 4.78 is 23.1. The normalized spacial score (nSPS) is 11.8. The minimum absolute atomic E-state index is 0.201. The molecule has 0 saturated heterocycles. The number of H-pyrrole nitrogens is 1. The Bertz CT molecular complexity index is 1080. The molecule has 9 heteroatoms. The van der Waals surface area contributed by atoms with Crippen molar-refractivity contribution in [3.05, 3.63) is 60.6 Å². The average Bonchev–Trinajstić information content (AvgIpc) is 3.16. The molecule has 3 rings (SSSR count).